The van der Waals surface area contributed by atoms with Gasteiger partial charge < -0.3 is 10.2 Å². The van der Waals surface area contributed by atoms with E-state index in [4.69, 9.17) is 0 Å². The van der Waals surface area contributed by atoms with Gasteiger partial charge in [0.25, 0.3) is 0 Å². The van der Waals surface area contributed by atoms with Gasteiger partial charge in [-0.1, -0.05) is 6.58 Å². The highest BCUT2D eigenvalue weighted by Gasteiger charge is 2.21. The van der Waals surface area contributed by atoms with Crippen LogP contribution >= 0.6 is 0 Å². The van der Waals surface area contributed by atoms with Gasteiger partial charge in [-0.2, -0.15) is 0 Å². The van der Waals surface area contributed by atoms with Crippen LogP contribution in [0.1, 0.15) is 0 Å². The van der Waals surface area contributed by atoms with Crippen molar-refractivity contribution in [2.75, 3.05) is 40.3 Å². The first-order chi connectivity index (χ1) is 6.63. The normalized spacial score (nSPS) is 24.6. The van der Waals surface area contributed by atoms with Crippen molar-refractivity contribution in [2.24, 2.45) is 0 Å². The number of hydrogen-bond acceptors (Lipinski definition) is 3. The van der Waals surface area contributed by atoms with E-state index in [0.717, 1.165) is 19.6 Å². The predicted octanol–water partition coefficient (Wildman–Crippen LogP) is -0.466. The first-order valence-corrected chi connectivity index (χ1v) is 4.92. The van der Waals surface area contributed by atoms with E-state index in [9.17, 15) is 4.79 Å². The lowest BCUT2D eigenvalue weighted by atomic mass is 10.2. The summed E-state index contributed by atoms with van der Waals surface area (Å²) >= 11 is 0. The number of rotatable bonds is 3. The van der Waals surface area contributed by atoms with Crippen LogP contribution in [0.15, 0.2) is 12.7 Å². The van der Waals surface area contributed by atoms with E-state index in [2.05, 4.69) is 35.8 Å². The van der Waals surface area contributed by atoms with Crippen LogP contribution in [0.5, 0.6) is 0 Å². The topological polar surface area (TPSA) is 35.6 Å². The second-order valence-electron chi connectivity index (χ2n) is 3.85. The van der Waals surface area contributed by atoms with Crippen molar-refractivity contribution in [3.8, 4) is 0 Å². The molecule has 1 aliphatic rings. The number of carbonyl (C=O) groups excluding carboxylic acids is 1. The third kappa shape index (κ3) is 3.12. The van der Waals surface area contributed by atoms with E-state index in [1.165, 1.54) is 6.08 Å². The van der Waals surface area contributed by atoms with Gasteiger partial charge in [0.05, 0.1) is 0 Å². The van der Waals surface area contributed by atoms with Crippen molar-refractivity contribution < 1.29 is 4.79 Å². The Bertz CT molecular complexity index is 217. The molecule has 0 radical (unpaired) electrons. The van der Waals surface area contributed by atoms with Crippen LogP contribution < -0.4 is 5.32 Å². The van der Waals surface area contributed by atoms with Gasteiger partial charge in [0, 0.05) is 32.2 Å². The van der Waals surface area contributed by atoms with Crippen LogP contribution in [0.25, 0.3) is 0 Å². The highest BCUT2D eigenvalue weighted by atomic mass is 16.1. The van der Waals surface area contributed by atoms with Gasteiger partial charge >= 0.3 is 0 Å². The van der Waals surface area contributed by atoms with Gasteiger partial charge in [-0.05, 0) is 20.2 Å². The van der Waals surface area contributed by atoms with Crippen molar-refractivity contribution in [1.82, 2.24) is 15.1 Å². The first kappa shape index (κ1) is 11.2. The molecule has 4 nitrogen and oxygen atoms in total. The number of carbonyl (C=O) groups is 1. The Morgan fingerprint density at radius 2 is 2.29 bits per heavy atom. The third-order valence-corrected chi connectivity index (χ3v) is 2.68. The molecule has 1 atom stereocenters. The highest BCUT2D eigenvalue weighted by Crippen LogP contribution is 2.04. The Morgan fingerprint density at radius 3 is 2.93 bits per heavy atom. The van der Waals surface area contributed by atoms with E-state index < -0.39 is 0 Å². The van der Waals surface area contributed by atoms with E-state index in [0.29, 0.717) is 12.6 Å². The standard InChI is InChI=1S/C10H19N3O/c1-4-10(14)11-7-9-8-12(2)5-6-13(9)3/h4,9H,1,5-8H2,2-3H3,(H,11,14)/t9-/m1/s1. The molecule has 0 spiro atoms. The molecule has 1 aliphatic heterocycles. The van der Waals surface area contributed by atoms with Crippen molar-refractivity contribution in [1.29, 1.82) is 0 Å². The molecule has 4 heteroatoms. The number of nitrogens with one attached hydrogen (secondary N) is 1. The molecule has 14 heavy (non-hydrogen) atoms. The lowest BCUT2D eigenvalue weighted by Gasteiger charge is -2.37. The summed E-state index contributed by atoms with van der Waals surface area (Å²) in [6, 6.07) is 0.414. The monoisotopic (exact) mass is 197 g/mol. The largest absolute Gasteiger partial charge is 0.351 e. The van der Waals surface area contributed by atoms with Gasteiger partial charge in [-0.25, -0.2) is 0 Å². The maximum atomic E-state index is 11.0. The minimum Gasteiger partial charge on any atom is -0.351 e. The van der Waals surface area contributed by atoms with Gasteiger partial charge in [0.1, 0.15) is 0 Å². The van der Waals surface area contributed by atoms with Gasteiger partial charge in [-0.3, -0.25) is 9.69 Å². The first-order valence-electron chi connectivity index (χ1n) is 4.92. The summed E-state index contributed by atoms with van der Waals surface area (Å²) in [6.45, 7) is 7.29. The Morgan fingerprint density at radius 1 is 1.57 bits per heavy atom. The lowest BCUT2D eigenvalue weighted by molar-refractivity contribution is -0.116. The maximum Gasteiger partial charge on any atom is 0.243 e. The molecule has 0 unspecified atom stereocenters. The fourth-order valence-corrected chi connectivity index (χ4v) is 1.61. The molecular formula is C10H19N3O. The third-order valence-electron chi connectivity index (χ3n) is 2.68. The van der Waals surface area contributed by atoms with Crippen molar-refractivity contribution >= 4 is 5.91 Å². The van der Waals surface area contributed by atoms with Gasteiger partial charge in [0.15, 0.2) is 0 Å². The molecule has 0 aliphatic carbocycles. The summed E-state index contributed by atoms with van der Waals surface area (Å²) in [4.78, 5) is 15.5. The fraction of sp³-hybridized carbons (Fsp3) is 0.700. The molecular weight excluding hydrogens is 178 g/mol. The molecule has 1 N–H and O–H groups in total. The minimum atomic E-state index is -0.0911. The summed E-state index contributed by atoms with van der Waals surface area (Å²) in [5.41, 5.74) is 0. The van der Waals surface area contributed by atoms with Crippen LogP contribution in [0.3, 0.4) is 0 Å². The molecule has 1 heterocycles. The average Bonchev–Trinajstić information content (AvgIpc) is 2.19. The van der Waals surface area contributed by atoms with Crippen molar-refractivity contribution in [3.63, 3.8) is 0 Å². The summed E-state index contributed by atoms with van der Waals surface area (Å²) in [5, 5.41) is 2.83. The van der Waals surface area contributed by atoms with Crippen molar-refractivity contribution in [3.05, 3.63) is 12.7 Å². The zero-order valence-electron chi connectivity index (χ0n) is 8.99. The zero-order chi connectivity index (χ0) is 10.6. The predicted molar refractivity (Wildman–Crippen MR) is 57.1 cm³/mol. The van der Waals surface area contributed by atoms with E-state index in [1.807, 2.05) is 0 Å². The zero-order valence-corrected chi connectivity index (χ0v) is 8.99. The molecule has 0 aromatic heterocycles. The summed E-state index contributed by atoms with van der Waals surface area (Å²) in [6.07, 6.45) is 1.31. The second kappa shape index (κ2) is 5.12. The molecule has 1 amide bonds. The minimum absolute atomic E-state index is 0.0911. The second-order valence-corrected chi connectivity index (χ2v) is 3.85. The van der Waals surface area contributed by atoms with E-state index >= 15 is 0 Å². The number of piperazine rings is 1. The molecule has 80 valence electrons. The molecule has 1 rings (SSSR count). The quantitative estimate of drug-likeness (QED) is 0.622. The van der Waals surface area contributed by atoms with E-state index in [-0.39, 0.29) is 5.91 Å². The van der Waals surface area contributed by atoms with Gasteiger partial charge in [-0.15, -0.1) is 0 Å². The molecule has 0 aromatic rings. The Hall–Kier alpha value is -0.870. The number of likely N-dealkylation sites (N-methyl/N-ethyl adjacent to an activating group) is 2. The number of nitrogens with zero attached hydrogens (tertiary/aromatic N) is 2. The van der Waals surface area contributed by atoms with Crippen LogP contribution in [-0.2, 0) is 4.79 Å². The SMILES string of the molecule is C=CC(=O)NC[C@@H]1CN(C)CCN1C. The number of amides is 1. The Labute approximate surface area is 85.6 Å². The smallest absolute Gasteiger partial charge is 0.243 e. The Balaban J connectivity index is 2.34. The maximum absolute atomic E-state index is 11.0. The molecule has 1 fully saturated rings. The van der Waals surface area contributed by atoms with Crippen LogP contribution in [-0.4, -0.2) is 62.0 Å². The van der Waals surface area contributed by atoms with Gasteiger partial charge in [0.2, 0.25) is 5.91 Å². The fourth-order valence-electron chi connectivity index (χ4n) is 1.61. The van der Waals surface area contributed by atoms with Crippen LogP contribution in [0, 0.1) is 0 Å². The summed E-state index contributed by atoms with van der Waals surface area (Å²) in [5.74, 6) is -0.0911. The lowest BCUT2D eigenvalue weighted by Crippen LogP contribution is -2.54. The average molecular weight is 197 g/mol. The summed E-state index contributed by atoms with van der Waals surface area (Å²) < 4.78 is 0. The Kier molecular flexibility index (Phi) is 4.10. The summed E-state index contributed by atoms with van der Waals surface area (Å²) in [7, 11) is 4.20. The number of hydrogen-bond donors (Lipinski definition) is 1. The van der Waals surface area contributed by atoms with Crippen molar-refractivity contribution in [2.45, 2.75) is 6.04 Å². The van der Waals surface area contributed by atoms with Crippen LogP contribution in [0.4, 0.5) is 0 Å². The highest BCUT2D eigenvalue weighted by molar-refractivity contribution is 5.86. The molecule has 0 aromatic carbocycles. The molecule has 1 saturated heterocycles. The van der Waals surface area contributed by atoms with E-state index in [1.54, 1.807) is 0 Å². The van der Waals surface area contributed by atoms with Crippen LogP contribution in [0.2, 0.25) is 0 Å². The molecule has 0 saturated carbocycles. The molecule has 0 bridgehead atoms.